The van der Waals surface area contributed by atoms with Crippen LogP contribution in [-0.4, -0.2) is 31.3 Å². The molecule has 3 aromatic rings. The summed E-state index contributed by atoms with van der Waals surface area (Å²) in [5.74, 6) is 0.919. The molecule has 0 fully saturated rings. The number of nitrogens with zero attached hydrogens (tertiary/aromatic N) is 4. The highest BCUT2D eigenvalue weighted by atomic mass is 35.5. The van der Waals surface area contributed by atoms with Crippen LogP contribution in [-0.2, 0) is 11.8 Å². The van der Waals surface area contributed by atoms with E-state index in [1.165, 1.54) is 23.9 Å². The lowest BCUT2D eigenvalue weighted by Crippen LogP contribution is -2.15. The van der Waals surface area contributed by atoms with Crippen molar-refractivity contribution in [3.63, 3.8) is 0 Å². The molecule has 0 saturated carbocycles. The highest BCUT2D eigenvalue weighted by Crippen LogP contribution is 2.28. The average molecular weight is 462 g/mol. The van der Waals surface area contributed by atoms with Gasteiger partial charge in [0, 0.05) is 18.1 Å². The van der Waals surface area contributed by atoms with Crippen molar-refractivity contribution in [2.24, 2.45) is 7.05 Å². The number of ether oxygens (including phenoxy) is 1. The van der Waals surface area contributed by atoms with Crippen molar-refractivity contribution in [2.45, 2.75) is 25.1 Å². The Bertz CT molecular complexity index is 1120. The molecule has 0 aliphatic heterocycles. The molecule has 9 nitrogen and oxygen atoms in total. The number of hydrogen-bond donors (Lipinski definition) is 1. The fourth-order valence-corrected chi connectivity index (χ4v) is 3.79. The number of hydrogen-bond acceptors (Lipinski definition) is 7. The van der Waals surface area contributed by atoms with E-state index in [2.05, 4.69) is 15.5 Å². The second-order valence-corrected chi connectivity index (χ2v) is 8.06. The molecule has 0 bridgehead atoms. The van der Waals surface area contributed by atoms with E-state index in [-0.39, 0.29) is 29.1 Å². The van der Waals surface area contributed by atoms with E-state index in [4.69, 9.17) is 16.3 Å². The number of para-hydroxylation sites is 2. The topological polar surface area (TPSA) is 112 Å². The number of benzene rings is 2. The molecule has 3 rings (SSSR count). The van der Waals surface area contributed by atoms with Crippen molar-refractivity contribution in [1.82, 2.24) is 14.8 Å². The lowest BCUT2D eigenvalue weighted by atomic mass is 10.2. The first-order chi connectivity index (χ1) is 14.8. The summed E-state index contributed by atoms with van der Waals surface area (Å²) in [5, 5.41) is 23.1. The van der Waals surface area contributed by atoms with Gasteiger partial charge in [0.1, 0.15) is 11.4 Å². The minimum absolute atomic E-state index is 0.0174. The van der Waals surface area contributed by atoms with E-state index >= 15 is 0 Å². The van der Waals surface area contributed by atoms with Crippen molar-refractivity contribution in [3.05, 3.63) is 69.0 Å². The van der Waals surface area contributed by atoms with Gasteiger partial charge in [-0.05, 0) is 43.7 Å². The molecule has 0 aliphatic carbocycles. The lowest BCUT2D eigenvalue weighted by Gasteiger charge is -2.16. The lowest BCUT2D eigenvalue weighted by molar-refractivity contribution is -0.383. The van der Waals surface area contributed by atoms with Gasteiger partial charge in [-0.15, -0.1) is 10.2 Å². The summed E-state index contributed by atoms with van der Waals surface area (Å²) in [7, 11) is 1.78. The Morgan fingerprint density at radius 2 is 2.06 bits per heavy atom. The van der Waals surface area contributed by atoms with Crippen LogP contribution in [0.5, 0.6) is 5.75 Å². The van der Waals surface area contributed by atoms with Gasteiger partial charge in [-0.1, -0.05) is 35.5 Å². The van der Waals surface area contributed by atoms with Crippen molar-refractivity contribution in [1.29, 1.82) is 0 Å². The molecule has 1 atom stereocenters. The zero-order chi connectivity index (χ0) is 22.5. The molecule has 31 heavy (non-hydrogen) atoms. The molecule has 1 N–H and O–H groups in total. The summed E-state index contributed by atoms with van der Waals surface area (Å²) in [5.41, 5.74) is 0.894. The number of aromatic nitrogens is 3. The van der Waals surface area contributed by atoms with Crippen LogP contribution in [0.1, 0.15) is 24.4 Å². The minimum Gasteiger partial charge on any atom is -0.482 e. The first-order valence-corrected chi connectivity index (χ1v) is 10.6. The smallest absolute Gasteiger partial charge is 0.292 e. The Kier molecular flexibility index (Phi) is 7.13. The van der Waals surface area contributed by atoms with Crippen LogP contribution in [0.3, 0.4) is 0 Å². The number of aryl methyl sites for hydroxylation is 1. The molecule has 0 saturated heterocycles. The highest BCUT2D eigenvalue weighted by molar-refractivity contribution is 7.99. The predicted octanol–water partition coefficient (Wildman–Crippen LogP) is 4.56. The van der Waals surface area contributed by atoms with Crippen LogP contribution in [0.4, 0.5) is 11.4 Å². The number of thioether (sulfide) groups is 1. The Balaban J connectivity index is 1.62. The van der Waals surface area contributed by atoms with Crippen molar-refractivity contribution in [3.8, 4) is 5.75 Å². The van der Waals surface area contributed by atoms with Gasteiger partial charge >= 0.3 is 0 Å². The molecule has 0 aliphatic rings. The van der Waals surface area contributed by atoms with E-state index < -0.39 is 4.92 Å². The molecule has 11 heteroatoms. The SMILES string of the molecule is Cc1cc(Cl)ccc1OC(C)c1nnc(SCC(=O)Nc2ccccc2[N+](=O)[O-])n1C. The van der Waals surface area contributed by atoms with Crippen LogP contribution in [0.2, 0.25) is 5.02 Å². The number of rotatable bonds is 8. The molecular formula is C20H20ClN5O4S. The summed E-state index contributed by atoms with van der Waals surface area (Å²) in [6.45, 7) is 3.76. The molecule has 1 amide bonds. The zero-order valence-corrected chi connectivity index (χ0v) is 18.6. The third-order valence-electron chi connectivity index (χ3n) is 4.38. The number of nitro groups is 1. The van der Waals surface area contributed by atoms with E-state index in [0.29, 0.717) is 21.8 Å². The maximum absolute atomic E-state index is 12.3. The predicted molar refractivity (Wildman–Crippen MR) is 119 cm³/mol. The van der Waals surface area contributed by atoms with Crippen molar-refractivity contribution < 1.29 is 14.5 Å². The second-order valence-electron chi connectivity index (χ2n) is 6.68. The summed E-state index contributed by atoms with van der Waals surface area (Å²) < 4.78 is 7.74. The molecule has 1 aromatic heterocycles. The van der Waals surface area contributed by atoms with E-state index in [1.807, 2.05) is 19.9 Å². The third kappa shape index (κ3) is 5.53. The summed E-state index contributed by atoms with van der Waals surface area (Å²) in [4.78, 5) is 22.8. The van der Waals surface area contributed by atoms with Gasteiger partial charge in [-0.2, -0.15) is 0 Å². The first kappa shape index (κ1) is 22.6. The monoisotopic (exact) mass is 461 g/mol. The van der Waals surface area contributed by atoms with Gasteiger partial charge in [0.2, 0.25) is 5.91 Å². The van der Waals surface area contributed by atoms with E-state index in [0.717, 1.165) is 5.56 Å². The summed E-state index contributed by atoms with van der Waals surface area (Å²) in [6, 6.07) is 11.3. The number of nitrogens with one attached hydrogen (secondary N) is 1. The van der Waals surface area contributed by atoms with Crippen LogP contribution < -0.4 is 10.1 Å². The normalized spacial score (nSPS) is 11.7. The molecule has 162 valence electrons. The Labute approximate surface area is 187 Å². The number of halogens is 1. The Hall–Kier alpha value is -3.11. The Morgan fingerprint density at radius 3 is 2.77 bits per heavy atom. The van der Waals surface area contributed by atoms with Gasteiger partial charge in [-0.3, -0.25) is 14.9 Å². The van der Waals surface area contributed by atoms with E-state index in [1.54, 1.807) is 35.9 Å². The maximum atomic E-state index is 12.3. The van der Waals surface area contributed by atoms with Crippen molar-refractivity contribution >= 4 is 40.6 Å². The third-order valence-corrected chi connectivity index (χ3v) is 5.64. The van der Waals surface area contributed by atoms with Gasteiger partial charge in [0.05, 0.1) is 10.7 Å². The number of anilines is 1. The van der Waals surface area contributed by atoms with Gasteiger partial charge in [-0.25, -0.2) is 0 Å². The molecule has 0 radical (unpaired) electrons. The standard InChI is InChI=1S/C20H20ClN5O4S/c1-12-10-14(21)8-9-17(12)30-13(2)19-23-24-20(25(19)3)31-11-18(27)22-15-6-4-5-7-16(15)26(28)29/h4-10,13H,11H2,1-3H3,(H,22,27). The maximum Gasteiger partial charge on any atom is 0.292 e. The minimum atomic E-state index is -0.540. The number of carbonyl (C=O) groups is 1. The van der Waals surface area contributed by atoms with Crippen LogP contribution in [0.25, 0.3) is 0 Å². The molecule has 1 heterocycles. The van der Waals surface area contributed by atoms with Crippen molar-refractivity contribution in [2.75, 3.05) is 11.1 Å². The fraction of sp³-hybridized carbons (Fsp3) is 0.250. The van der Waals surface area contributed by atoms with Gasteiger partial charge in [0.25, 0.3) is 5.69 Å². The summed E-state index contributed by atoms with van der Waals surface area (Å²) in [6.07, 6.45) is -0.382. The number of carbonyl (C=O) groups excluding carboxylic acids is 1. The molecule has 2 aromatic carbocycles. The fourth-order valence-electron chi connectivity index (χ4n) is 2.85. The van der Waals surface area contributed by atoms with Gasteiger partial charge < -0.3 is 14.6 Å². The quantitative estimate of drug-likeness (QED) is 0.297. The number of amides is 1. The van der Waals surface area contributed by atoms with Gasteiger partial charge in [0.15, 0.2) is 17.1 Å². The highest BCUT2D eigenvalue weighted by Gasteiger charge is 2.20. The zero-order valence-electron chi connectivity index (χ0n) is 17.0. The Morgan fingerprint density at radius 1 is 1.32 bits per heavy atom. The average Bonchev–Trinajstić information content (AvgIpc) is 3.09. The van der Waals surface area contributed by atoms with Crippen LogP contribution in [0, 0.1) is 17.0 Å². The first-order valence-electron chi connectivity index (χ1n) is 9.24. The van der Waals surface area contributed by atoms with Crippen LogP contribution in [0.15, 0.2) is 47.6 Å². The van der Waals surface area contributed by atoms with Crippen LogP contribution >= 0.6 is 23.4 Å². The molecule has 0 spiro atoms. The van der Waals surface area contributed by atoms with E-state index in [9.17, 15) is 14.9 Å². The largest absolute Gasteiger partial charge is 0.482 e. The second kappa shape index (κ2) is 9.80. The molecular weight excluding hydrogens is 442 g/mol. The molecule has 1 unspecified atom stereocenters. The number of nitro benzene ring substituents is 1. The summed E-state index contributed by atoms with van der Waals surface area (Å²) >= 11 is 7.16.